The van der Waals surface area contributed by atoms with Gasteiger partial charge in [-0.2, -0.15) is 0 Å². The Morgan fingerprint density at radius 1 is 0.786 bits per heavy atom. The van der Waals surface area contributed by atoms with Crippen LogP contribution >= 0.6 is 0 Å². The number of nitrogens with one attached hydrogen (secondary N) is 1. The van der Waals surface area contributed by atoms with Crippen LogP contribution in [0.5, 0.6) is 0 Å². The van der Waals surface area contributed by atoms with Crippen molar-refractivity contribution in [2.24, 2.45) is 0 Å². The predicted octanol–water partition coefficient (Wildman–Crippen LogP) is 4.98. The molecule has 0 saturated heterocycles. The fourth-order valence-electron chi connectivity index (χ4n) is 2.95. The fourth-order valence-corrected chi connectivity index (χ4v) is 2.95. The fraction of sp³-hybridized carbons (Fsp3) is 0.957. The normalized spacial score (nSPS) is 11.6. The highest BCUT2D eigenvalue weighted by Crippen LogP contribution is 2.13. The maximum atomic E-state index is 11.4. The van der Waals surface area contributed by atoms with Crippen molar-refractivity contribution < 1.29 is 19.7 Å². The van der Waals surface area contributed by atoms with E-state index < -0.39 is 6.10 Å². The average Bonchev–Trinajstić information content (AvgIpc) is 2.69. The number of rotatable bonds is 19. The van der Waals surface area contributed by atoms with E-state index in [0.29, 0.717) is 6.42 Å². The molecule has 0 fully saturated rings. The first-order chi connectivity index (χ1) is 13.6. The average molecular weight is 404 g/mol. The quantitative estimate of drug-likeness (QED) is 0.209. The molecule has 0 aliphatic carbocycles. The van der Waals surface area contributed by atoms with Crippen LogP contribution in [0.4, 0.5) is 0 Å². The summed E-state index contributed by atoms with van der Waals surface area (Å²) in [5, 5.41) is 20.5. The lowest BCUT2D eigenvalue weighted by atomic mass is 10.0. The highest BCUT2D eigenvalue weighted by molar-refractivity contribution is 5.69. The van der Waals surface area contributed by atoms with Crippen LogP contribution in [0.25, 0.3) is 0 Å². The number of carbonyl (C=O) groups excluding carboxylic acids is 1. The zero-order chi connectivity index (χ0) is 21.3. The van der Waals surface area contributed by atoms with Gasteiger partial charge in [-0.05, 0) is 20.5 Å². The summed E-state index contributed by atoms with van der Waals surface area (Å²) in [5.41, 5.74) is 0. The van der Waals surface area contributed by atoms with E-state index in [1.165, 1.54) is 83.5 Å². The second kappa shape index (κ2) is 26.4. The highest BCUT2D eigenvalue weighted by atomic mass is 16.5. The molecule has 0 heterocycles. The number of hydrogen-bond acceptors (Lipinski definition) is 5. The first-order valence-electron chi connectivity index (χ1n) is 11.6. The Kier molecular flexibility index (Phi) is 27.8. The summed E-state index contributed by atoms with van der Waals surface area (Å²) in [7, 11) is 3.75. The standard InChI is InChI=1S/C21H42O4.C2H7N/c1-2-3-4-5-6-7-8-9-10-11-12-13-14-15-16-17-21(24)25-19-20(23)18-22;1-3-2/h20,22-23H,2-19H2,1H3;3H,1-2H3. The number of unbranched alkanes of at least 4 members (excludes halogenated alkanes) is 14. The second-order valence-electron chi connectivity index (χ2n) is 7.72. The highest BCUT2D eigenvalue weighted by Gasteiger charge is 2.07. The number of carbonyl (C=O) groups is 1. The van der Waals surface area contributed by atoms with E-state index in [2.05, 4.69) is 12.2 Å². The van der Waals surface area contributed by atoms with Gasteiger partial charge in [0.2, 0.25) is 0 Å². The molecule has 28 heavy (non-hydrogen) atoms. The minimum atomic E-state index is -0.954. The topological polar surface area (TPSA) is 78.8 Å². The minimum Gasteiger partial charge on any atom is -0.463 e. The molecule has 0 aromatic heterocycles. The lowest BCUT2D eigenvalue weighted by molar-refractivity contribution is -0.147. The van der Waals surface area contributed by atoms with Crippen LogP contribution in [0, 0.1) is 0 Å². The van der Waals surface area contributed by atoms with E-state index in [-0.39, 0.29) is 19.2 Å². The number of aliphatic hydroxyl groups is 2. The molecule has 0 aliphatic rings. The molecular formula is C23H49NO4. The SMILES string of the molecule is CCCCCCCCCCCCCCCCCC(=O)OCC(O)CO.CNC. The summed E-state index contributed by atoms with van der Waals surface area (Å²) in [6, 6.07) is 0. The maximum absolute atomic E-state index is 11.4. The molecular weight excluding hydrogens is 354 g/mol. The first-order valence-corrected chi connectivity index (χ1v) is 11.6. The summed E-state index contributed by atoms with van der Waals surface area (Å²) in [6.07, 6.45) is 19.0. The van der Waals surface area contributed by atoms with Crippen molar-refractivity contribution in [3.8, 4) is 0 Å². The molecule has 0 aromatic rings. The van der Waals surface area contributed by atoms with Gasteiger partial charge in [0.25, 0.3) is 0 Å². The Morgan fingerprint density at radius 2 is 1.14 bits per heavy atom. The minimum absolute atomic E-state index is 0.103. The molecule has 1 atom stereocenters. The van der Waals surface area contributed by atoms with E-state index in [1.807, 2.05) is 14.1 Å². The lowest BCUT2D eigenvalue weighted by Crippen LogP contribution is -2.21. The van der Waals surface area contributed by atoms with Crippen molar-refractivity contribution >= 4 is 5.97 Å². The van der Waals surface area contributed by atoms with Gasteiger partial charge in [0.1, 0.15) is 12.7 Å². The molecule has 0 saturated carbocycles. The zero-order valence-corrected chi connectivity index (χ0v) is 19.0. The van der Waals surface area contributed by atoms with Crippen LogP contribution in [0.1, 0.15) is 110 Å². The van der Waals surface area contributed by atoms with E-state index in [9.17, 15) is 4.79 Å². The molecule has 0 radical (unpaired) electrons. The Bertz CT molecular complexity index is 300. The molecule has 170 valence electrons. The van der Waals surface area contributed by atoms with Crippen LogP contribution in [-0.2, 0) is 9.53 Å². The third-order valence-electron chi connectivity index (χ3n) is 4.63. The number of aliphatic hydroxyl groups excluding tert-OH is 2. The van der Waals surface area contributed by atoms with Gasteiger partial charge in [-0.3, -0.25) is 4.79 Å². The maximum Gasteiger partial charge on any atom is 0.305 e. The van der Waals surface area contributed by atoms with Gasteiger partial charge >= 0.3 is 5.97 Å². The predicted molar refractivity (Wildman–Crippen MR) is 119 cm³/mol. The van der Waals surface area contributed by atoms with Crippen molar-refractivity contribution in [2.45, 2.75) is 116 Å². The van der Waals surface area contributed by atoms with Gasteiger partial charge in [-0.1, -0.05) is 96.8 Å². The van der Waals surface area contributed by atoms with Crippen molar-refractivity contribution in [1.82, 2.24) is 5.32 Å². The Balaban J connectivity index is 0. The molecule has 0 amide bonds. The molecule has 0 aromatic carbocycles. The third kappa shape index (κ3) is 27.6. The number of ether oxygens (including phenoxy) is 1. The Labute approximate surface area is 174 Å². The van der Waals surface area contributed by atoms with Gasteiger partial charge in [0.15, 0.2) is 0 Å². The first kappa shape index (κ1) is 29.6. The van der Waals surface area contributed by atoms with Crippen LogP contribution in [0.15, 0.2) is 0 Å². The van der Waals surface area contributed by atoms with Crippen molar-refractivity contribution in [1.29, 1.82) is 0 Å². The van der Waals surface area contributed by atoms with Crippen LogP contribution < -0.4 is 5.32 Å². The molecule has 5 heteroatoms. The van der Waals surface area contributed by atoms with Gasteiger partial charge in [0, 0.05) is 6.42 Å². The molecule has 0 bridgehead atoms. The molecule has 5 nitrogen and oxygen atoms in total. The summed E-state index contributed by atoms with van der Waals surface area (Å²) in [6.45, 7) is 1.79. The van der Waals surface area contributed by atoms with Crippen LogP contribution in [0.3, 0.4) is 0 Å². The van der Waals surface area contributed by atoms with Crippen molar-refractivity contribution in [3.63, 3.8) is 0 Å². The Morgan fingerprint density at radius 3 is 1.50 bits per heavy atom. The van der Waals surface area contributed by atoms with E-state index in [0.717, 1.165) is 12.8 Å². The smallest absolute Gasteiger partial charge is 0.305 e. The van der Waals surface area contributed by atoms with Gasteiger partial charge in [-0.15, -0.1) is 0 Å². The summed E-state index contributed by atoms with van der Waals surface area (Å²) in [5.74, 6) is -0.276. The van der Waals surface area contributed by atoms with Crippen molar-refractivity contribution in [2.75, 3.05) is 27.3 Å². The molecule has 3 N–H and O–H groups in total. The number of hydrogen-bond donors (Lipinski definition) is 3. The molecule has 0 spiro atoms. The molecule has 0 rings (SSSR count). The van der Waals surface area contributed by atoms with Crippen molar-refractivity contribution in [3.05, 3.63) is 0 Å². The summed E-state index contributed by atoms with van der Waals surface area (Å²) in [4.78, 5) is 11.4. The van der Waals surface area contributed by atoms with Crippen LogP contribution in [0.2, 0.25) is 0 Å². The van der Waals surface area contributed by atoms with Gasteiger partial charge in [0.05, 0.1) is 6.61 Å². The van der Waals surface area contributed by atoms with Gasteiger partial charge in [-0.25, -0.2) is 0 Å². The van der Waals surface area contributed by atoms with E-state index in [4.69, 9.17) is 14.9 Å². The molecule has 1 unspecified atom stereocenters. The van der Waals surface area contributed by atoms with E-state index in [1.54, 1.807) is 0 Å². The lowest BCUT2D eigenvalue weighted by Gasteiger charge is -2.08. The second-order valence-corrected chi connectivity index (χ2v) is 7.72. The largest absolute Gasteiger partial charge is 0.463 e. The summed E-state index contributed by atoms with van der Waals surface area (Å²) >= 11 is 0. The third-order valence-corrected chi connectivity index (χ3v) is 4.63. The Hall–Kier alpha value is -0.650. The zero-order valence-electron chi connectivity index (χ0n) is 19.0. The van der Waals surface area contributed by atoms with E-state index >= 15 is 0 Å². The number of esters is 1. The summed E-state index contributed by atoms with van der Waals surface area (Å²) < 4.78 is 4.86. The monoisotopic (exact) mass is 403 g/mol. The van der Waals surface area contributed by atoms with Gasteiger partial charge < -0.3 is 20.3 Å². The molecule has 0 aliphatic heterocycles. The van der Waals surface area contributed by atoms with Crippen LogP contribution in [-0.4, -0.2) is 49.6 Å².